The Morgan fingerprint density at radius 2 is 2.18 bits per heavy atom. The lowest BCUT2D eigenvalue weighted by atomic mass is 10.0. The molecule has 7 heteroatoms. The maximum absolute atomic E-state index is 13.4. The zero-order chi connectivity index (χ0) is 13.2. The molecule has 0 amide bonds. The quantitative estimate of drug-likeness (QED) is 0.818. The van der Waals surface area contributed by atoms with Crippen molar-refractivity contribution in [3.63, 3.8) is 0 Å². The van der Waals surface area contributed by atoms with E-state index < -0.39 is 40.8 Å². The standard InChI is InChI=1S/C10H10ClF2NO3/c1-17-10-4(6(14)3-7(15)16)2-5(11)8(12)9(10)13/h2,6H,3,14H2,1H3,(H,15,16). The van der Waals surface area contributed by atoms with Crippen LogP contribution in [-0.2, 0) is 4.79 Å². The van der Waals surface area contributed by atoms with Crippen molar-refractivity contribution in [2.45, 2.75) is 12.5 Å². The van der Waals surface area contributed by atoms with Gasteiger partial charge in [0.15, 0.2) is 11.6 Å². The molecule has 1 unspecified atom stereocenters. The number of carboxylic acids is 1. The number of methoxy groups -OCH3 is 1. The minimum absolute atomic E-state index is 0.0128. The Morgan fingerprint density at radius 1 is 1.59 bits per heavy atom. The van der Waals surface area contributed by atoms with Crippen LogP contribution in [0.25, 0.3) is 0 Å². The second-order valence-corrected chi connectivity index (χ2v) is 3.72. The second kappa shape index (κ2) is 5.29. The molecule has 1 rings (SSSR count). The average molecular weight is 266 g/mol. The minimum atomic E-state index is -1.28. The van der Waals surface area contributed by atoms with Gasteiger partial charge in [-0.15, -0.1) is 0 Å². The summed E-state index contributed by atoms with van der Waals surface area (Å²) < 4.78 is 31.2. The van der Waals surface area contributed by atoms with Crippen molar-refractivity contribution in [1.29, 1.82) is 0 Å². The summed E-state index contributed by atoms with van der Waals surface area (Å²) in [6.07, 6.45) is -0.447. The fraction of sp³-hybridized carbons (Fsp3) is 0.300. The highest BCUT2D eigenvalue weighted by Crippen LogP contribution is 2.34. The molecule has 1 atom stereocenters. The molecule has 0 heterocycles. The number of hydrogen-bond donors (Lipinski definition) is 2. The number of rotatable bonds is 4. The zero-order valence-corrected chi connectivity index (χ0v) is 9.59. The molecule has 94 valence electrons. The topological polar surface area (TPSA) is 72.5 Å². The average Bonchev–Trinajstić information content (AvgIpc) is 2.24. The van der Waals surface area contributed by atoms with Crippen molar-refractivity contribution in [3.8, 4) is 5.75 Å². The van der Waals surface area contributed by atoms with Gasteiger partial charge in [0, 0.05) is 11.6 Å². The Bertz CT molecular complexity index is 454. The van der Waals surface area contributed by atoms with Crippen LogP contribution < -0.4 is 10.5 Å². The van der Waals surface area contributed by atoms with Crippen LogP contribution >= 0.6 is 11.6 Å². The number of halogens is 3. The summed E-state index contributed by atoms with van der Waals surface area (Å²) >= 11 is 5.46. The SMILES string of the molecule is COc1c(C(N)CC(=O)O)cc(Cl)c(F)c1F. The molecule has 17 heavy (non-hydrogen) atoms. The van der Waals surface area contributed by atoms with E-state index in [1.165, 1.54) is 0 Å². The van der Waals surface area contributed by atoms with E-state index in [0.717, 1.165) is 13.2 Å². The molecular formula is C10H10ClF2NO3. The molecule has 0 saturated heterocycles. The van der Waals surface area contributed by atoms with Gasteiger partial charge in [-0.3, -0.25) is 4.79 Å². The molecule has 3 N–H and O–H groups in total. The number of carboxylic acid groups (broad SMARTS) is 1. The maximum atomic E-state index is 13.4. The van der Waals surface area contributed by atoms with Gasteiger partial charge in [-0.1, -0.05) is 11.6 Å². The van der Waals surface area contributed by atoms with Crippen LogP contribution in [-0.4, -0.2) is 18.2 Å². The van der Waals surface area contributed by atoms with Gasteiger partial charge >= 0.3 is 5.97 Å². The molecule has 0 bridgehead atoms. The lowest BCUT2D eigenvalue weighted by Crippen LogP contribution is -2.17. The van der Waals surface area contributed by atoms with E-state index in [4.69, 9.17) is 22.4 Å². The van der Waals surface area contributed by atoms with Crippen molar-refractivity contribution in [3.05, 3.63) is 28.3 Å². The molecule has 1 aromatic rings. The number of nitrogens with two attached hydrogens (primary N) is 1. The lowest BCUT2D eigenvalue weighted by Gasteiger charge is -2.15. The summed E-state index contributed by atoms with van der Waals surface area (Å²) in [6.45, 7) is 0. The first-order valence-corrected chi connectivity index (χ1v) is 4.95. The van der Waals surface area contributed by atoms with Crippen LogP contribution in [0.1, 0.15) is 18.0 Å². The van der Waals surface area contributed by atoms with Crippen LogP contribution in [0.15, 0.2) is 6.07 Å². The number of benzene rings is 1. The summed E-state index contributed by atoms with van der Waals surface area (Å²) in [4.78, 5) is 10.5. The molecule has 4 nitrogen and oxygen atoms in total. The third-order valence-corrected chi connectivity index (χ3v) is 2.42. The van der Waals surface area contributed by atoms with Crippen LogP contribution in [0.4, 0.5) is 8.78 Å². The Kier molecular flexibility index (Phi) is 4.25. The van der Waals surface area contributed by atoms with Gasteiger partial charge in [-0.05, 0) is 6.07 Å². The Hall–Kier alpha value is -1.40. The molecule has 0 saturated carbocycles. The van der Waals surface area contributed by atoms with E-state index in [2.05, 4.69) is 4.74 Å². The van der Waals surface area contributed by atoms with E-state index >= 15 is 0 Å². The van der Waals surface area contributed by atoms with Crippen LogP contribution in [0.3, 0.4) is 0 Å². The van der Waals surface area contributed by atoms with Crippen molar-refractivity contribution < 1.29 is 23.4 Å². The van der Waals surface area contributed by atoms with Crippen molar-refractivity contribution in [1.82, 2.24) is 0 Å². The first-order chi connectivity index (χ1) is 7.88. The number of ether oxygens (including phenoxy) is 1. The van der Waals surface area contributed by atoms with Gasteiger partial charge in [0.25, 0.3) is 0 Å². The predicted molar refractivity (Wildman–Crippen MR) is 57.1 cm³/mol. The molecule has 0 aromatic heterocycles. The number of hydrogen-bond acceptors (Lipinski definition) is 3. The maximum Gasteiger partial charge on any atom is 0.305 e. The summed E-state index contributed by atoms with van der Waals surface area (Å²) in [5.74, 6) is -4.13. The second-order valence-electron chi connectivity index (χ2n) is 3.31. The fourth-order valence-corrected chi connectivity index (χ4v) is 1.58. The van der Waals surface area contributed by atoms with Gasteiger partial charge < -0.3 is 15.6 Å². The molecule has 0 radical (unpaired) electrons. The Morgan fingerprint density at radius 3 is 2.65 bits per heavy atom. The molecular weight excluding hydrogens is 256 g/mol. The predicted octanol–water partition coefficient (Wildman–Crippen LogP) is 2.10. The fourth-order valence-electron chi connectivity index (χ4n) is 1.38. The summed E-state index contributed by atoms with van der Waals surface area (Å²) in [5, 5.41) is 8.11. The molecule has 0 aliphatic rings. The van der Waals surface area contributed by atoms with E-state index in [1.807, 2.05) is 0 Å². The van der Waals surface area contributed by atoms with Crippen LogP contribution in [0, 0.1) is 11.6 Å². The Labute approximate surface area is 101 Å². The van der Waals surface area contributed by atoms with Crippen molar-refractivity contribution >= 4 is 17.6 Å². The normalized spacial score (nSPS) is 12.3. The Balaban J connectivity index is 3.27. The first kappa shape index (κ1) is 13.7. The van der Waals surface area contributed by atoms with Gasteiger partial charge in [-0.2, -0.15) is 4.39 Å². The molecule has 0 fully saturated rings. The number of carbonyl (C=O) groups is 1. The van der Waals surface area contributed by atoms with Gasteiger partial charge in [0.1, 0.15) is 0 Å². The monoisotopic (exact) mass is 265 g/mol. The molecule has 1 aromatic carbocycles. The van der Waals surface area contributed by atoms with Crippen LogP contribution in [0.2, 0.25) is 5.02 Å². The highest BCUT2D eigenvalue weighted by molar-refractivity contribution is 6.30. The molecule has 0 aliphatic carbocycles. The third kappa shape index (κ3) is 2.83. The highest BCUT2D eigenvalue weighted by Gasteiger charge is 2.23. The van der Waals surface area contributed by atoms with E-state index in [1.54, 1.807) is 0 Å². The lowest BCUT2D eigenvalue weighted by molar-refractivity contribution is -0.137. The van der Waals surface area contributed by atoms with Gasteiger partial charge in [-0.25, -0.2) is 4.39 Å². The molecule has 0 aliphatic heterocycles. The number of aliphatic carboxylic acids is 1. The minimum Gasteiger partial charge on any atom is -0.493 e. The van der Waals surface area contributed by atoms with E-state index in [-0.39, 0.29) is 5.56 Å². The highest BCUT2D eigenvalue weighted by atomic mass is 35.5. The van der Waals surface area contributed by atoms with E-state index in [9.17, 15) is 13.6 Å². The first-order valence-electron chi connectivity index (χ1n) is 4.57. The molecule has 0 spiro atoms. The third-order valence-electron chi connectivity index (χ3n) is 2.14. The van der Waals surface area contributed by atoms with E-state index in [0.29, 0.717) is 0 Å². The summed E-state index contributed by atoms with van der Waals surface area (Å²) in [6, 6.07) is 0.0296. The zero-order valence-electron chi connectivity index (χ0n) is 8.84. The van der Waals surface area contributed by atoms with Crippen LogP contribution in [0.5, 0.6) is 5.75 Å². The van der Waals surface area contributed by atoms with Gasteiger partial charge in [0.05, 0.1) is 18.6 Å². The van der Waals surface area contributed by atoms with Crippen molar-refractivity contribution in [2.75, 3.05) is 7.11 Å². The van der Waals surface area contributed by atoms with Crippen molar-refractivity contribution in [2.24, 2.45) is 5.73 Å². The summed E-state index contributed by atoms with van der Waals surface area (Å²) in [7, 11) is 1.13. The summed E-state index contributed by atoms with van der Waals surface area (Å²) in [5.41, 5.74) is 5.56. The largest absolute Gasteiger partial charge is 0.493 e. The smallest absolute Gasteiger partial charge is 0.305 e. The van der Waals surface area contributed by atoms with Gasteiger partial charge in [0.2, 0.25) is 5.82 Å².